The van der Waals surface area contributed by atoms with Gasteiger partial charge < -0.3 is 15.0 Å². The predicted octanol–water partition coefficient (Wildman–Crippen LogP) is 2.93. The molecule has 1 N–H and O–H groups in total. The van der Waals surface area contributed by atoms with Crippen LogP contribution in [0.2, 0.25) is 0 Å². The maximum atomic E-state index is 13.0. The first-order chi connectivity index (χ1) is 12.9. The third kappa shape index (κ3) is 4.21. The van der Waals surface area contributed by atoms with Gasteiger partial charge in [-0.3, -0.25) is 14.6 Å². The average Bonchev–Trinajstić information content (AvgIpc) is 2.66. The molecule has 1 aromatic heterocycles. The van der Waals surface area contributed by atoms with Crippen molar-refractivity contribution in [3.63, 3.8) is 0 Å². The maximum Gasteiger partial charge on any atom is 0.255 e. The molecule has 6 heteroatoms. The molecule has 0 radical (unpaired) electrons. The van der Waals surface area contributed by atoms with Gasteiger partial charge in [0.15, 0.2) is 0 Å². The summed E-state index contributed by atoms with van der Waals surface area (Å²) in [6.45, 7) is 6.96. The Hall–Kier alpha value is -2.63. The van der Waals surface area contributed by atoms with E-state index in [9.17, 15) is 9.59 Å². The van der Waals surface area contributed by atoms with Crippen LogP contribution in [-0.2, 0) is 4.79 Å². The molecule has 0 atom stereocenters. The Labute approximate surface area is 159 Å². The van der Waals surface area contributed by atoms with Crippen LogP contribution in [0, 0.1) is 12.8 Å². The van der Waals surface area contributed by atoms with Crippen molar-refractivity contribution < 1.29 is 14.3 Å². The summed E-state index contributed by atoms with van der Waals surface area (Å²) >= 11 is 0. The average molecular weight is 369 g/mol. The standard InChI is InChI=1S/C21H27N3O3/c1-13(2)22-20(25)15-7-9-24(10-8-15)21(26)18-11-16-5-6-17(27-4)12-19(16)23-14(18)3/h5-6,11-13,15H,7-10H2,1-4H3,(H,22,25). The number of ether oxygens (including phenoxy) is 1. The van der Waals surface area contributed by atoms with Crippen LogP contribution in [0.3, 0.4) is 0 Å². The van der Waals surface area contributed by atoms with E-state index < -0.39 is 0 Å². The van der Waals surface area contributed by atoms with Crippen molar-refractivity contribution in [3.8, 4) is 5.75 Å². The zero-order valence-electron chi connectivity index (χ0n) is 16.4. The zero-order valence-corrected chi connectivity index (χ0v) is 16.4. The molecule has 0 spiro atoms. The predicted molar refractivity (Wildman–Crippen MR) is 105 cm³/mol. The first kappa shape index (κ1) is 19.1. The van der Waals surface area contributed by atoms with E-state index in [4.69, 9.17) is 4.74 Å². The molecule has 2 amide bonds. The SMILES string of the molecule is COc1ccc2cc(C(=O)N3CCC(C(=O)NC(C)C)CC3)c(C)nc2c1. The summed E-state index contributed by atoms with van der Waals surface area (Å²) < 4.78 is 5.24. The number of amides is 2. The minimum absolute atomic E-state index is 0.0135. The quantitative estimate of drug-likeness (QED) is 0.899. The fraction of sp³-hybridized carbons (Fsp3) is 0.476. The summed E-state index contributed by atoms with van der Waals surface area (Å²) in [5.74, 6) is 0.810. The van der Waals surface area contributed by atoms with Crippen molar-refractivity contribution in [2.24, 2.45) is 5.92 Å². The Balaban J connectivity index is 1.73. The second kappa shape index (κ2) is 7.94. The first-order valence-electron chi connectivity index (χ1n) is 9.44. The molecule has 0 unspecified atom stereocenters. The number of hydrogen-bond donors (Lipinski definition) is 1. The molecule has 1 saturated heterocycles. The highest BCUT2D eigenvalue weighted by Gasteiger charge is 2.28. The number of hydrogen-bond acceptors (Lipinski definition) is 4. The molecule has 2 heterocycles. The molecule has 3 rings (SSSR count). The van der Waals surface area contributed by atoms with Gasteiger partial charge in [0.1, 0.15) is 5.75 Å². The van der Waals surface area contributed by atoms with Crippen molar-refractivity contribution in [1.29, 1.82) is 0 Å². The van der Waals surface area contributed by atoms with Crippen LogP contribution >= 0.6 is 0 Å². The maximum absolute atomic E-state index is 13.0. The molecule has 1 fully saturated rings. The minimum Gasteiger partial charge on any atom is -0.497 e. The fourth-order valence-electron chi connectivity index (χ4n) is 3.50. The molecule has 1 aliphatic rings. The van der Waals surface area contributed by atoms with Crippen LogP contribution in [0.15, 0.2) is 24.3 Å². The Bertz CT molecular complexity index is 855. The number of piperidine rings is 1. The van der Waals surface area contributed by atoms with Gasteiger partial charge in [0.05, 0.1) is 23.9 Å². The first-order valence-corrected chi connectivity index (χ1v) is 9.44. The van der Waals surface area contributed by atoms with E-state index in [0.29, 0.717) is 37.2 Å². The second-order valence-electron chi connectivity index (χ2n) is 7.41. The van der Waals surface area contributed by atoms with E-state index >= 15 is 0 Å². The Kier molecular flexibility index (Phi) is 5.63. The molecule has 144 valence electrons. The van der Waals surface area contributed by atoms with Crippen molar-refractivity contribution in [2.45, 2.75) is 39.7 Å². The van der Waals surface area contributed by atoms with Crippen molar-refractivity contribution in [2.75, 3.05) is 20.2 Å². The normalized spacial score (nSPS) is 15.2. The monoisotopic (exact) mass is 369 g/mol. The van der Waals surface area contributed by atoms with Gasteiger partial charge >= 0.3 is 0 Å². The Morgan fingerprint density at radius 1 is 1.22 bits per heavy atom. The van der Waals surface area contributed by atoms with Crippen LogP contribution < -0.4 is 10.1 Å². The minimum atomic E-state index is -0.0141. The van der Waals surface area contributed by atoms with E-state index in [2.05, 4.69) is 10.3 Å². The number of rotatable bonds is 4. The second-order valence-corrected chi connectivity index (χ2v) is 7.41. The molecule has 1 aromatic carbocycles. The number of aromatic nitrogens is 1. The number of pyridine rings is 1. The highest BCUT2D eigenvalue weighted by Crippen LogP contribution is 2.24. The fourth-order valence-corrected chi connectivity index (χ4v) is 3.50. The third-order valence-electron chi connectivity index (χ3n) is 5.03. The molecule has 0 aliphatic carbocycles. The Morgan fingerprint density at radius 2 is 1.93 bits per heavy atom. The van der Waals surface area contributed by atoms with Gasteiger partial charge in [-0.2, -0.15) is 0 Å². The zero-order chi connectivity index (χ0) is 19.6. The van der Waals surface area contributed by atoms with Gasteiger partial charge in [-0.15, -0.1) is 0 Å². The van der Waals surface area contributed by atoms with Crippen LogP contribution in [0.1, 0.15) is 42.7 Å². The van der Waals surface area contributed by atoms with Crippen molar-refractivity contribution >= 4 is 22.7 Å². The van der Waals surface area contributed by atoms with E-state index in [1.165, 1.54) is 0 Å². The topological polar surface area (TPSA) is 71.5 Å². The lowest BCUT2D eigenvalue weighted by Gasteiger charge is -2.32. The number of methoxy groups -OCH3 is 1. The summed E-state index contributed by atoms with van der Waals surface area (Å²) in [6.07, 6.45) is 1.39. The lowest BCUT2D eigenvalue weighted by atomic mass is 9.95. The molecular weight excluding hydrogens is 342 g/mol. The van der Waals surface area contributed by atoms with E-state index in [0.717, 1.165) is 16.7 Å². The van der Waals surface area contributed by atoms with Crippen LogP contribution in [-0.4, -0.2) is 47.9 Å². The Morgan fingerprint density at radius 3 is 2.56 bits per heavy atom. The highest BCUT2D eigenvalue weighted by atomic mass is 16.5. The highest BCUT2D eigenvalue weighted by molar-refractivity contribution is 5.99. The summed E-state index contributed by atoms with van der Waals surface area (Å²) in [4.78, 5) is 31.6. The molecule has 27 heavy (non-hydrogen) atoms. The molecule has 0 bridgehead atoms. The van der Waals surface area contributed by atoms with Gasteiger partial charge in [-0.1, -0.05) is 0 Å². The number of aryl methyl sites for hydroxylation is 1. The van der Waals surface area contributed by atoms with Gasteiger partial charge in [-0.05, 0) is 51.8 Å². The van der Waals surface area contributed by atoms with Crippen LogP contribution in [0.5, 0.6) is 5.75 Å². The third-order valence-corrected chi connectivity index (χ3v) is 5.03. The van der Waals surface area contributed by atoms with Crippen LogP contribution in [0.4, 0.5) is 0 Å². The summed E-state index contributed by atoms with van der Waals surface area (Å²) in [7, 11) is 1.62. The smallest absolute Gasteiger partial charge is 0.255 e. The number of carbonyl (C=O) groups excluding carboxylic acids is 2. The lowest BCUT2D eigenvalue weighted by Crippen LogP contribution is -2.44. The number of likely N-dealkylation sites (tertiary alicyclic amines) is 1. The molecule has 0 saturated carbocycles. The summed E-state index contributed by atoms with van der Waals surface area (Å²) in [6, 6.07) is 7.70. The number of fused-ring (bicyclic) bond motifs is 1. The number of benzene rings is 1. The van der Waals surface area contributed by atoms with E-state index in [-0.39, 0.29) is 23.8 Å². The molecular formula is C21H27N3O3. The van der Waals surface area contributed by atoms with E-state index in [1.807, 2.05) is 49.9 Å². The number of nitrogens with one attached hydrogen (secondary N) is 1. The van der Waals surface area contributed by atoms with Gasteiger partial charge in [0.25, 0.3) is 5.91 Å². The number of carbonyl (C=O) groups is 2. The van der Waals surface area contributed by atoms with Gasteiger partial charge in [-0.25, -0.2) is 0 Å². The molecule has 6 nitrogen and oxygen atoms in total. The van der Waals surface area contributed by atoms with Gasteiger partial charge in [0, 0.05) is 36.5 Å². The number of nitrogens with zero attached hydrogens (tertiary/aromatic N) is 2. The molecule has 1 aliphatic heterocycles. The van der Waals surface area contributed by atoms with Crippen molar-refractivity contribution in [3.05, 3.63) is 35.5 Å². The summed E-state index contributed by atoms with van der Waals surface area (Å²) in [5, 5.41) is 3.88. The van der Waals surface area contributed by atoms with Crippen LogP contribution in [0.25, 0.3) is 10.9 Å². The van der Waals surface area contributed by atoms with Gasteiger partial charge in [0.2, 0.25) is 5.91 Å². The molecule has 2 aromatic rings. The summed E-state index contributed by atoms with van der Waals surface area (Å²) in [5.41, 5.74) is 2.14. The van der Waals surface area contributed by atoms with Crippen molar-refractivity contribution in [1.82, 2.24) is 15.2 Å². The lowest BCUT2D eigenvalue weighted by molar-refractivity contribution is -0.126. The largest absolute Gasteiger partial charge is 0.497 e. The van der Waals surface area contributed by atoms with E-state index in [1.54, 1.807) is 7.11 Å².